The van der Waals surface area contributed by atoms with Gasteiger partial charge >= 0.3 is 0 Å². The third-order valence-electron chi connectivity index (χ3n) is 5.44. The number of nitrogens with one attached hydrogen (secondary N) is 2. The first-order valence-corrected chi connectivity index (χ1v) is 10.0. The van der Waals surface area contributed by atoms with E-state index in [1.807, 2.05) is 40.0 Å². The standard InChI is InChI=1S/C21H27N5O2.ClH/c1-15(27)25(18-8-9-18)14-16-4-6-17(7-5-16)23-21(28)20-10-12-26(24-20)19-3-2-11-22-13-19;/h4-7,10,12,18-19,22H,2-3,8-9,11,13-14H2,1H3,(H,23,28);1H. The molecule has 0 bridgehead atoms. The number of hydrogen-bond donors (Lipinski definition) is 2. The van der Waals surface area contributed by atoms with Crippen LogP contribution >= 0.6 is 12.4 Å². The van der Waals surface area contributed by atoms with E-state index in [2.05, 4.69) is 15.7 Å². The monoisotopic (exact) mass is 417 g/mol. The third-order valence-corrected chi connectivity index (χ3v) is 5.44. The second-order valence-electron chi connectivity index (χ2n) is 7.71. The number of hydrogen-bond acceptors (Lipinski definition) is 4. The lowest BCUT2D eigenvalue weighted by Crippen LogP contribution is -2.32. The van der Waals surface area contributed by atoms with Crippen LogP contribution in [0.15, 0.2) is 36.5 Å². The van der Waals surface area contributed by atoms with E-state index in [1.165, 1.54) is 0 Å². The van der Waals surface area contributed by atoms with Gasteiger partial charge in [0.25, 0.3) is 5.91 Å². The normalized spacial score (nSPS) is 18.6. The van der Waals surface area contributed by atoms with Gasteiger partial charge in [-0.25, -0.2) is 0 Å². The van der Waals surface area contributed by atoms with Gasteiger partial charge in [0.15, 0.2) is 5.69 Å². The van der Waals surface area contributed by atoms with Crippen LogP contribution in [0.2, 0.25) is 0 Å². The summed E-state index contributed by atoms with van der Waals surface area (Å²) >= 11 is 0. The zero-order valence-corrected chi connectivity index (χ0v) is 17.5. The van der Waals surface area contributed by atoms with E-state index in [0.717, 1.165) is 50.0 Å². The Kier molecular flexibility index (Phi) is 6.92. The van der Waals surface area contributed by atoms with Gasteiger partial charge in [0, 0.05) is 37.9 Å². The first-order chi connectivity index (χ1) is 13.6. The molecule has 1 aromatic heterocycles. The Bertz CT molecular complexity index is 841. The van der Waals surface area contributed by atoms with E-state index < -0.39 is 0 Å². The molecule has 1 aromatic carbocycles. The zero-order chi connectivity index (χ0) is 19.5. The molecule has 29 heavy (non-hydrogen) atoms. The summed E-state index contributed by atoms with van der Waals surface area (Å²) in [7, 11) is 0. The van der Waals surface area contributed by atoms with Crippen molar-refractivity contribution in [2.45, 2.75) is 51.2 Å². The lowest BCUT2D eigenvalue weighted by Gasteiger charge is -2.22. The summed E-state index contributed by atoms with van der Waals surface area (Å²) in [5.41, 5.74) is 2.21. The van der Waals surface area contributed by atoms with Gasteiger partial charge < -0.3 is 15.5 Å². The molecule has 2 fully saturated rings. The number of amides is 2. The van der Waals surface area contributed by atoms with E-state index in [-0.39, 0.29) is 24.2 Å². The van der Waals surface area contributed by atoms with Crippen molar-refractivity contribution in [1.29, 1.82) is 0 Å². The van der Waals surface area contributed by atoms with Gasteiger partial charge in [-0.1, -0.05) is 12.1 Å². The van der Waals surface area contributed by atoms with Gasteiger partial charge in [-0.15, -0.1) is 12.4 Å². The Hall–Kier alpha value is -2.38. The molecule has 2 aromatic rings. The SMILES string of the molecule is CC(=O)N(Cc1ccc(NC(=O)c2ccn(C3CCCNC3)n2)cc1)C1CC1.Cl. The number of nitrogens with zero attached hydrogens (tertiary/aromatic N) is 3. The van der Waals surface area contributed by atoms with Crippen molar-refractivity contribution in [2.24, 2.45) is 0 Å². The highest BCUT2D eigenvalue weighted by Crippen LogP contribution is 2.28. The number of carbonyl (C=O) groups is 2. The van der Waals surface area contributed by atoms with Crippen LogP contribution in [0.25, 0.3) is 0 Å². The van der Waals surface area contributed by atoms with Crippen molar-refractivity contribution in [3.05, 3.63) is 47.8 Å². The minimum absolute atomic E-state index is 0. The lowest BCUT2D eigenvalue weighted by atomic mass is 10.1. The summed E-state index contributed by atoms with van der Waals surface area (Å²) in [6, 6.07) is 10.1. The molecule has 156 valence electrons. The van der Waals surface area contributed by atoms with Crippen LogP contribution in [0.1, 0.15) is 54.7 Å². The largest absolute Gasteiger partial charge is 0.336 e. The molecule has 2 amide bonds. The van der Waals surface area contributed by atoms with Crippen LogP contribution < -0.4 is 10.6 Å². The van der Waals surface area contributed by atoms with Crippen molar-refractivity contribution < 1.29 is 9.59 Å². The van der Waals surface area contributed by atoms with Crippen LogP contribution in [0.5, 0.6) is 0 Å². The van der Waals surface area contributed by atoms with E-state index >= 15 is 0 Å². The van der Waals surface area contributed by atoms with Crippen molar-refractivity contribution in [1.82, 2.24) is 20.0 Å². The van der Waals surface area contributed by atoms with E-state index in [0.29, 0.717) is 24.3 Å². The van der Waals surface area contributed by atoms with Crippen molar-refractivity contribution in [3.8, 4) is 0 Å². The van der Waals surface area contributed by atoms with E-state index in [9.17, 15) is 9.59 Å². The summed E-state index contributed by atoms with van der Waals surface area (Å²) in [5, 5.41) is 10.7. The number of halogens is 1. The first-order valence-electron chi connectivity index (χ1n) is 10.0. The highest BCUT2D eigenvalue weighted by Gasteiger charge is 2.30. The summed E-state index contributed by atoms with van der Waals surface area (Å²) < 4.78 is 1.89. The molecule has 0 radical (unpaired) electrons. The molecule has 1 atom stereocenters. The van der Waals surface area contributed by atoms with Crippen LogP contribution in [-0.4, -0.2) is 45.6 Å². The maximum absolute atomic E-state index is 12.5. The molecule has 1 aliphatic carbocycles. The van der Waals surface area contributed by atoms with Crippen molar-refractivity contribution in [2.75, 3.05) is 18.4 Å². The fourth-order valence-corrected chi connectivity index (χ4v) is 3.69. The summed E-state index contributed by atoms with van der Waals surface area (Å²) in [4.78, 5) is 26.2. The number of anilines is 1. The maximum Gasteiger partial charge on any atom is 0.276 e. The minimum atomic E-state index is -0.210. The molecule has 2 aliphatic rings. The van der Waals surface area contributed by atoms with Crippen LogP contribution in [-0.2, 0) is 11.3 Å². The molecule has 1 saturated carbocycles. The Morgan fingerprint density at radius 3 is 2.59 bits per heavy atom. The quantitative estimate of drug-likeness (QED) is 0.757. The second-order valence-corrected chi connectivity index (χ2v) is 7.71. The average Bonchev–Trinajstić information content (AvgIpc) is 3.42. The number of aromatic nitrogens is 2. The van der Waals surface area contributed by atoms with Crippen molar-refractivity contribution >= 4 is 29.9 Å². The predicted molar refractivity (Wildman–Crippen MR) is 114 cm³/mol. The number of benzene rings is 1. The van der Waals surface area contributed by atoms with Gasteiger partial charge in [0.2, 0.25) is 5.91 Å². The molecule has 1 unspecified atom stereocenters. The molecular weight excluding hydrogens is 390 g/mol. The highest BCUT2D eigenvalue weighted by atomic mass is 35.5. The molecule has 4 rings (SSSR count). The third kappa shape index (κ3) is 5.36. The van der Waals surface area contributed by atoms with Gasteiger partial charge in [-0.2, -0.15) is 5.10 Å². The smallest absolute Gasteiger partial charge is 0.276 e. The van der Waals surface area contributed by atoms with Gasteiger partial charge in [0.05, 0.1) is 6.04 Å². The molecule has 2 N–H and O–H groups in total. The molecule has 1 saturated heterocycles. The Morgan fingerprint density at radius 1 is 1.21 bits per heavy atom. The van der Waals surface area contributed by atoms with Crippen LogP contribution in [0.4, 0.5) is 5.69 Å². The number of carbonyl (C=O) groups excluding carboxylic acids is 2. The Balaban J connectivity index is 0.00000240. The van der Waals surface area contributed by atoms with E-state index in [1.54, 1.807) is 13.0 Å². The second kappa shape index (κ2) is 9.41. The molecule has 0 spiro atoms. The maximum atomic E-state index is 12.5. The summed E-state index contributed by atoms with van der Waals surface area (Å²) in [6.45, 7) is 4.18. The fraction of sp³-hybridized carbons (Fsp3) is 0.476. The first kappa shape index (κ1) is 21.3. The number of rotatable bonds is 6. The van der Waals surface area contributed by atoms with Gasteiger partial charge in [-0.05, 0) is 56.0 Å². The number of piperidine rings is 1. The minimum Gasteiger partial charge on any atom is -0.336 e. The van der Waals surface area contributed by atoms with Crippen molar-refractivity contribution in [3.63, 3.8) is 0 Å². The van der Waals surface area contributed by atoms with Gasteiger partial charge in [0.1, 0.15) is 0 Å². The summed E-state index contributed by atoms with van der Waals surface area (Å²) in [6.07, 6.45) is 6.27. The topological polar surface area (TPSA) is 79.3 Å². The molecule has 8 heteroatoms. The van der Waals surface area contributed by atoms with Gasteiger partial charge in [-0.3, -0.25) is 14.3 Å². The van der Waals surface area contributed by atoms with Crippen LogP contribution in [0, 0.1) is 0 Å². The Labute approximate surface area is 177 Å². The fourth-order valence-electron chi connectivity index (χ4n) is 3.69. The zero-order valence-electron chi connectivity index (χ0n) is 16.6. The van der Waals surface area contributed by atoms with E-state index in [4.69, 9.17) is 0 Å². The average molecular weight is 418 g/mol. The molecule has 2 heterocycles. The molecular formula is C21H28ClN5O2. The summed E-state index contributed by atoms with van der Waals surface area (Å²) in [5.74, 6) is -0.0951. The Morgan fingerprint density at radius 2 is 1.97 bits per heavy atom. The lowest BCUT2D eigenvalue weighted by molar-refractivity contribution is -0.130. The molecule has 7 nitrogen and oxygen atoms in total. The molecule has 1 aliphatic heterocycles. The predicted octanol–water partition coefficient (Wildman–Crippen LogP) is 2.99. The van der Waals surface area contributed by atoms with Crippen LogP contribution in [0.3, 0.4) is 0 Å². The highest BCUT2D eigenvalue weighted by molar-refractivity contribution is 6.02.